The summed E-state index contributed by atoms with van der Waals surface area (Å²) in [4.78, 5) is 33.1. The van der Waals surface area contributed by atoms with Gasteiger partial charge < -0.3 is 9.64 Å². The summed E-state index contributed by atoms with van der Waals surface area (Å²) in [5.41, 5.74) is 1.18. The van der Waals surface area contributed by atoms with Gasteiger partial charge in [0.15, 0.2) is 5.16 Å². The Bertz CT molecular complexity index is 1160. The van der Waals surface area contributed by atoms with Gasteiger partial charge in [0.05, 0.1) is 24.1 Å². The van der Waals surface area contributed by atoms with Gasteiger partial charge in [-0.25, -0.2) is 4.98 Å². The first-order chi connectivity index (χ1) is 15.1. The van der Waals surface area contributed by atoms with Crippen molar-refractivity contribution in [3.05, 3.63) is 82.1 Å². The van der Waals surface area contributed by atoms with E-state index >= 15 is 0 Å². The lowest BCUT2D eigenvalue weighted by Gasteiger charge is -2.30. The normalized spacial score (nSPS) is 15.1. The third-order valence-corrected chi connectivity index (χ3v) is 6.53. The Morgan fingerprint density at radius 2 is 1.97 bits per heavy atom. The number of hydrogen-bond donors (Lipinski definition) is 0. The van der Waals surface area contributed by atoms with Crippen LogP contribution in [0.4, 0.5) is 0 Å². The Kier molecular flexibility index (Phi) is 6.75. The number of nitrogens with zero attached hydrogens (tertiary/aromatic N) is 3. The van der Waals surface area contributed by atoms with Gasteiger partial charge in [0.2, 0.25) is 5.91 Å². The number of halogens is 1. The summed E-state index contributed by atoms with van der Waals surface area (Å²) in [6, 6.07) is 14.6. The molecular formula is C23H22ClN3O3S. The molecule has 0 unspecified atom stereocenters. The molecule has 2 heterocycles. The molecule has 1 atom stereocenters. The lowest BCUT2D eigenvalue weighted by atomic mass is 10.1. The Labute approximate surface area is 189 Å². The molecule has 1 fully saturated rings. The molecule has 3 aromatic rings. The van der Waals surface area contributed by atoms with Crippen LogP contribution in [-0.4, -0.2) is 46.7 Å². The van der Waals surface area contributed by atoms with E-state index in [0.717, 1.165) is 5.56 Å². The van der Waals surface area contributed by atoms with E-state index in [1.165, 1.54) is 11.8 Å². The molecule has 1 aromatic heterocycles. The van der Waals surface area contributed by atoms with Crippen LogP contribution >= 0.6 is 23.4 Å². The number of hydrogen-bond acceptors (Lipinski definition) is 5. The molecule has 4 rings (SSSR count). The van der Waals surface area contributed by atoms with Gasteiger partial charge in [-0.1, -0.05) is 59.8 Å². The van der Waals surface area contributed by atoms with Gasteiger partial charge in [-0.2, -0.15) is 0 Å². The minimum atomic E-state index is -0.543. The van der Waals surface area contributed by atoms with E-state index in [1.54, 1.807) is 28.8 Å². The maximum absolute atomic E-state index is 13.5. The fourth-order valence-corrected chi connectivity index (χ4v) is 4.85. The predicted octanol–water partition coefficient (Wildman–Crippen LogP) is 3.93. The highest BCUT2D eigenvalue weighted by atomic mass is 35.5. The Morgan fingerprint density at radius 1 is 1.23 bits per heavy atom. The van der Waals surface area contributed by atoms with Crippen molar-refractivity contribution < 1.29 is 9.53 Å². The summed E-state index contributed by atoms with van der Waals surface area (Å²) in [5.74, 6) is -0.0231. The lowest BCUT2D eigenvalue weighted by molar-refractivity contribution is -0.134. The molecule has 1 amide bonds. The molecule has 2 aromatic carbocycles. The third-order valence-electron chi connectivity index (χ3n) is 5.07. The molecule has 1 aliphatic rings. The first-order valence-corrected chi connectivity index (χ1v) is 11.2. The van der Waals surface area contributed by atoms with Crippen LogP contribution in [0.25, 0.3) is 10.9 Å². The molecule has 0 saturated carbocycles. The van der Waals surface area contributed by atoms with Gasteiger partial charge >= 0.3 is 0 Å². The molecule has 0 radical (unpaired) electrons. The molecule has 8 heteroatoms. The van der Waals surface area contributed by atoms with E-state index in [1.807, 2.05) is 35.2 Å². The largest absolute Gasteiger partial charge is 0.378 e. The van der Waals surface area contributed by atoms with Crippen molar-refractivity contribution in [2.24, 2.45) is 0 Å². The lowest BCUT2D eigenvalue weighted by Crippen LogP contribution is -2.42. The molecule has 0 spiro atoms. The van der Waals surface area contributed by atoms with Crippen molar-refractivity contribution in [3.63, 3.8) is 0 Å². The third kappa shape index (κ3) is 4.69. The molecule has 1 aliphatic heterocycles. The molecule has 31 heavy (non-hydrogen) atoms. The summed E-state index contributed by atoms with van der Waals surface area (Å²) >= 11 is 7.41. The molecule has 0 bridgehead atoms. The maximum atomic E-state index is 13.5. The second kappa shape index (κ2) is 9.68. The first-order valence-electron chi connectivity index (χ1n) is 9.97. The zero-order chi connectivity index (χ0) is 21.8. The number of carbonyl (C=O) groups is 1. The van der Waals surface area contributed by atoms with Crippen LogP contribution in [0, 0.1) is 0 Å². The molecule has 6 nitrogen and oxygen atoms in total. The van der Waals surface area contributed by atoms with Crippen LogP contribution in [0.1, 0.15) is 10.8 Å². The maximum Gasteiger partial charge on any atom is 0.262 e. The van der Waals surface area contributed by atoms with E-state index in [2.05, 4.69) is 6.58 Å². The van der Waals surface area contributed by atoms with Crippen LogP contribution in [0.5, 0.6) is 0 Å². The first kappa shape index (κ1) is 21.6. The molecule has 0 aliphatic carbocycles. The van der Waals surface area contributed by atoms with E-state index in [0.29, 0.717) is 53.9 Å². The number of allylic oxidation sites excluding steroid dienone is 1. The Hall–Kier alpha value is -2.61. The van der Waals surface area contributed by atoms with E-state index in [4.69, 9.17) is 21.3 Å². The van der Waals surface area contributed by atoms with Crippen molar-refractivity contribution in [2.75, 3.05) is 26.3 Å². The number of benzene rings is 2. The number of ether oxygens (including phenoxy) is 1. The number of thioether (sulfide) groups is 1. The molecule has 1 saturated heterocycles. The van der Waals surface area contributed by atoms with Crippen molar-refractivity contribution >= 4 is 40.2 Å². The Balaban J connectivity index is 1.80. The summed E-state index contributed by atoms with van der Waals surface area (Å²) in [5, 5.41) is 0.890. The van der Waals surface area contributed by atoms with Gasteiger partial charge in [-0.15, -0.1) is 6.58 Å². The van der Waals surface area contributed by atoms with Gasteiger partial charge in [0.1, 0.15) is 5.25 Å². The number of rotatable bonds is 6. The number of morpholine rings is 1. The van der Waals surface area contributed by atoms with Crippen LogP contribution in [-0.2, 0) is 16.1 Å². The number of aromatic nitrogens is 2. The van der Waals surface area contributed by atoms with Gasteiger partial charge in [0.25, 0.3) is 5.56 Å². The van der Waals surface area contributed by atoms with E-state index in [9.17, 15) is 9.59 Å². The van der Waals surface area contributed by atoms with Gasteiger partial charge in [0, 0.05) is 24.7 Å². The van der Waals surface area contributed by atoms with Crippen LogP contribution in [0.3, 0.4) is 0 Å². The topological polar surface area (TPSA) is 64.4 Å². The van der Waals surface area contributed by atoms with Crippen molar-refractivity contribution in [3.8, 4) is 0 Å². The zero-order valence-corrected chi connectivity index (χ0v) is 18.4. The summed E-state index contributed by atoms with van der Waals surface area (Å²) < 4.78 is 6.95. The van der Waals surface area contributed by atoms with Crippen molar-refractivity contribution in [1.82, 2.24) is 14.5 Å². The number of carbonyl (C=O) groups excluding carboxylic acids is 1. The van der Waals surface area contributed by atoms with Gasteiger partial charge in [-0.05, 0) is 23.8 Å². The van der Waals surface area contributed by atoms with Gasteiger partial charge in [-0.3, -0.25) is 14.2 Å². The predicted molar refractivity (Wildman–Crippen MR) is 124 cm³/mol. The standard InChI is InChI=1S/C23H22ClN3O3S/c1-2-10-27-21(28)18-9-8-17(24)15-19(18)25-23(27)31-20(16-6-4-3-5-7-16)22(29)26-11-13-30-14-12-26/h2-9,15,20H,1,10-14H2/t20-/m0/s1. The SMILES string of the molecule is C=CCn1c(S[C@H](C(=O)N2CCOCC2)c2ccccc2)nc2cc(Cl)ccc2c1=O. The minimum Gasteiger partial charge on any atom is -0.378 e. The van der Waals surface area contributed by atoms with E-state index in [-0.39, 0.29) is 11.5 Å². The minimum absolute atomic E-state index is 0.0231. The fraction of sp³-hybridized carbons (Fsp3) is 0.261. The van der Waals surface area contributed by atoms with Crippen molar-refractivity contribution in [2.45, 2.75) is 17.0 Å². The number of amides is 1. The summed E-state index contributed by atoms with van der Waals surface area (Å²) in [6.07, 6.45) is 1.65. The molecule has 0 N–H and O–H groups in total. The second-order valence-electron chi connectivity index (χ2n) is 7.11. The second-order valence-corrected chi connectivity index (χ2v) is 8.62. The highest BCUT2D eigenvalue weighted by Gasteiger charge is 2.30. The van der Waals surface area contributed by atoms with Crippen molar-refractivity contribution in [1.29, 1.82) is 0 Å². The quantitative estimate of drug-likeness (QED) is 0.320. The summed E-state index contributed by atoms with van der Waals surface area (Å²) in [6.45, 7) is 6.19. The van der Waals surface area contributed by atoms with Crippen LogP contribution in [0.15, 0.2) is 71.1 Å². The molecule has 160 valence electrons. The van der Waals surface area contributed by atoms with E-state index < -0.39 is 5.25 Å². The zero-order valence-electron chi connectivity index (χ0n) is 16.9. The van der Waals surface area contributed by atoms with Crippen LogP contribution < -0.4 is 5.56 Å². The smallest absolute Gasteiger partial charge is 0.262 e. The average molecular weight is 456 g/mol. The highest BCUT2D eigenvalue weighted by Crippen LogP contribution is 2.36. The molecular weight excluding hydrogens is 434 g/mol. The highest BCUT2D eigenvalue weighted by molar-refractivity contribution is 8.00. The average Bonchev–Trinajstić information content (AvgIpc) is 2.80. The van der Waals surface area contributed by atoms with Crippen LogP contribution in [0.2, 0.25) is 5.02 Å². The Morgan fingerprint density at radius 3 is 2.68 bits per heavy atom. The monoisotopic (exact) mass is 455 g/mol. The fourth-order valence-electron chi connectivity index (χ4n) is 3.50. The summed E-state index contributed by atoms with van der Waals surface area (Å²) in [7, 11) is 0. The number of fused-ring (bicyclic) bond motifs is 1.